The maximum absolute atomic E-state index is 12.3. The summed E-state index contributed by atoms with van der Waals surface area (Å²) in [5.74, 6) is 0.741. The number of hydrogen-bond donors (Lipinski definition) is 1. The Hall–Kier alpha value is -3.35. The number of esters is 1. The molecule has 7 nitrogen and oxygen atoms in total. The Balaban J connectivity index is 1.97. The molecular formula is C19H19N3O4. The summed E-state index contributed by atoms with van der Waals surface area (Å²) in [6.07, 6.45) is 0. The zero-order valence-corrected chi connectivity index (χ0v) is 14.8. The number of aromatic amines is 1. The van der Waals surface area contributed by atoms with Crippen LogP contribution in [0.4, 0.5) is 5.69 Å². The molecule has 0 atom stereocenters. The average Bonchev–Trinajstić information content (AvgIpc) is 2.66. The lowest BCUT2D eigenvalue weighted by Crippen LogP contribution is -2.22. The monoisotopic (exact) mass is 353 g/mol. The first-order chi connectivity index (χ1) is 12.5. The number of methoxy groups -OCH3 is 2. The number of carbonyl (C=O) groups excluding carboxylic acids is 1. The second kappa shape index (κ2) is 7.26. The summed E-state index contributed by atoms with van der Waals surface area (Å²) in [7, 11) is 4.80. The second-order valence-corrected chi connectivity index (χ2v) is 5.76. The van der Waals surface area contributed by atoms with E-state index < -0.39 is 5.97 Å². The van der Waals surface area contributed by atoms with Gasteiger partial charge in [0.2, 0.25) is 0 Å². The van der Waals surface area contributed by atoms with Crippen molar-refractivity contribution in [2.24, 2.45) is 0 Å². The minimum absolute atomic E-state index is 0.255. The molecule has 1 aromatic heterocycles. The fraction of sp³-hybridized carbons (Fsp3) is 0.211. The van der Waals surface area contributed by atoms with E-state index in [0.717, 1.165) is 11.4 Å². The highest BCUT2D eigenvalue weighted by Crippen LogP contribution is 2.27. The first kappa shape index (κ1) is 17.5. The number of ether oxygens (including phenoxy) is 2. The van der Waals surface area contributed by atoms with Crippen molar-refractivity contribution in [3.63, 3.8) is 0 Å². The molecule has 0 saturated carbocycles. The molecule has 0 aliphatic heterocycles. The molecule has 0 spiro atoms. The van der Waals surface area contributed by atoms with Gasteiger partial charge in [-0.15, -0.1) is 0 Å². The lowest BCUT2D eigenvalue weighted by molar-refractivity contribution is 0.0601. The topological polar surface area (TPSA) is 84.5 Å². The average molecular weight is 353 g/mol. The summed E-state index contributed by atoms with van der Waals surface area (Å²) in [6, 6.07) is 12.3. The lowest BCUT2D eigenvalue weighted by Gasteiger charge is -2.21. The van der Waals surface area contributed by atoms with Crippen LogP contribution in [0.15, 0.2) is 47.3 Å². The van der Waals surface area contributed by atoms with Gasteiger partial charge in [-0.25, -0.2) is 9.78 Å². The van der Waals surface area contributed by atoms with Crippen LogP contribution in [0.2, 0.25) is 0 Å². The number of para-hydroxylation sites is 2. The third-order valence-electron chi connectivity index (χ3n) is 4.06. The van der Waals surface area contributed by atoms with Crippen LogP contribution in [-0.2, 0) is 11.3 Å². The van der Waals surface area contributed by atoms with Crippen molar-refractivity contribution in [2.45, 2.75) is 6.54 Å². The van der Waals surface area contributed by atoms with E-state index in [-0.39, 0.29) is 5.56 Å². The Morgan fingerprint density at radius 3 is 2.69 bits per heavy atom. The Morgan fingerprint density at radius 2 is 1.96 bits per heavy atom. The van der Waals surface area contributed by atoms with E-state index in [1.807, 2.05) is 36.2 Å². The number of hydrogen-bond acceptors (Lipinski definition) is 6. The summed E-state index contributed by atoms with van der Waals surface area (Å²) in [5, 5.41) is 0.418. The highest BCUT2D eigenvalue weighted by atomic mass is 16.5. The Kier molecular flexibility index (Phi) is 4.88. The van der Waals surface area contributed by atoms with Gasteiger partial charge in [-0.05, 0) is 30.3 Å². The van der Waals surface area contributed by atoms with E-state index >= 15 is 0 Å². The molecular weight excluding hydrogens is 334 g/mol. The quantitative estimate of drug-likeness (QED) is 0.709. The van der Waals surface area contributed by atoms with Gasteiger partial charge >= 0.3 is 5.97 Å². The van der Waals surface area contributed by atoms with Gasteiger partial charge in [0.1, 0.15) is 11.6 Å². The minimum Gasteiger partial charge on any atom is -0.495 e. The van der Waals surface area contributed by atoms with Crippen LogP contribution in [0.25, 0.3) is 10.9 Å². The molecule has 26 heavy (non-hydrogen) atoms. The smallest absolute Gasteiger partial charge is 0.337 e. The molecule has 0 unspecified atom stereocenters. The van der Waals surface area contributed by atoms with Crippen molar-refractivity contribution in [3.8, 4) is 5.75 Å². The van der Waals surface area contributed by atoms with Crippen molar-refractivity contribution in [3.05, 3.63) is 64.2 Å². The number of nitrogens with one attached hydrogen (secondary N) is 1. The summed E-state index contributed by atoms with van der Waals surface area (Å²) in [6.45, 7) is 0.369. The molecule has 0 fully saturated rings. The van der Waals surface area contributed by atoms with Gasteiger partial charge in [-0.3, -0.25) is 4.79 Å². The fourth-order valence-electron chi connectivity index (χ4n) is 2.76. The second-order valence-electron chi connectivity index (χ2n) is 5.76. The van der Waals surface area contributed by atoms with Gasteiger partial charge in [0.15, 0.2) is 0 Å². The minimum atomic E-state index is -0.471. The summed E-state index contributed by atoms with van der Waals surface area (Å²) in [5.41, 5.74) is 1.41. The molecule has 1 heterocycles. The molecule has 1 N–H and O–H groups in total. The van der Waals surface area contributed by atoms with E-state index in [0.29, 0.717) is 28.8 Å². The van der Waals surface area contributed by atoms with Crippen molar-refractivity contribution in [1.29, 1.82) is 0 Å². The van der Waals surface area contributed by atoms with E-state index in [2.05, 4.69) is 9.97 Å². The van der Waals surface area contributed by atoms with Crippen LogP contribution in [0.5, 0.6) is 5.75 Å². The molecule has 134 valence electrons. The van der Waals surface area contributed by atoms with Crippen molar-refractivity contribution >= 4 is 22.6 Å². The highest BCUT2D eigenvalue weighted by molar-refractivity contribution is 5.93. The van der Waals surface area contributed by atoms with Crippen LogP contribution in [0, 0.1) is 0 Å². The number of fused-ring (bicyclic) bond motifs is 1. The molecule has 0 radical (unpaired) electrons. The van der Waals surface area contributed by atoms with Crippen LogP contribution >= 0.6 is 0 Å². The molecule has 3 rings (SSSR count). The third-order valence-corrected chi connectivity index (χ3v) is 4.06. The van der Waals surface area contributed by atoms with Gasteiger partial charge in [0, 0.05) is 7.05 Å². The number of benzene rings is 2. The zero-order chi connectivity index (χ0) is 18.7. The number of H-pyrrole nitrogens is 1. The molecule has 7 heteroatoms. The van der Waals surface area contributed by atoms with Gasteiger partial charge in [0.05, 0.1) is 42.9 Å². The Labute approximate surface area is 150 Å². The first-order valence-corrected chi connectivity index (χ1v) is 7.99. The van der Waals surface area contributed by atoms with Gasteiger partial charge < -0.3 is 19.4 Å². The van der Waals surface area contributed by atoms with Crippen molar-refractivity contribution < 1.29 is 14.3 Å². The van der Waals surface area contributed by atoms with E-state index in [4.69, 9.17) is 9.47 Å². The maximum Gasteiger partial charge on any atom is 0.337 e. The highest BCUT2D eigenvalue weighted by Gasteiger charge is 2.12. The van der Waals surface area contributed by atoms with Crippen molar-refractivity contribution in [1.82, 2.24) is 9.97 Å². The fourth-order valence-corrected chi connectivity index (χ4v) is 2.76. The summed E-state index contributed by atoms with van der Waals surface area (Å²) < 4.78 is 10.1. The van der Waals surface area contributed by atoms with Crippen LogP contribution in [-0.4, -0.2) is 37.2 Å². The normalized spacial score (nSPS) is 10.6. The van der Waals surface area contributed by atoms with Gasteiger partial charge in [-0.1, -0.05) is 12.1 Å². The maximum atomic E-state index is 12.3. The third kappa shape index (κ3) is 3.37. The standard InChI is InChI=1S/C19H19N3O4/c1-22(15-6-4-5-7-16(15)25-2)11-17-20-14-10-12(19(24)26-3)8-9-13(14)18(23)21-17/h4-10H,11H2,1-3H3,(H,20,21,23). The van der Waals surface area contributed by atoms with Crippen LogP contribution in [0.1, 0.15) is 16.2 Å². The number of carbonyl (C=O) groups is 1. The molecule has 2 aromatic carbocycles. The van der Waals surface area contributed by atoms with Crippen LogP contribution in [0.3, 0.4) is 0 Å². The van der Waals surface area contributed by atoms with E-state index in [9.17, 15) is 9.59 Å². The number of rotatable bonds is 5. The van der Waals surface area contributed by atoms with Crippen LogP contribution < -0.4 is 15.2 Å². The summed E-state index contributed by atoms with van der Waals surface area (Å²) in [4.78, 5) is 33.2. The molecule has 0 aliphatic carbocycles. The van der Waals surface area contributed by atoms with Gasteiger partial charge in [0.25, 0.3) is 5.56 Å². The molecule has 0 amide bonds. The number of nitrogens with zero attached hydrogens (tertiary/aromatic N) is 2. The molecule has 0 aliphatic rings. The number of aromatic nitrogens is 2. The largest absolute Gasteiger partial charge is 0.495 e. The number of anilines is 1. The van der Waals surface area contributed by atoms with Gasteiger partial charge in [-0.2, -0.15) is 0 Å². The lowest BCUT2D eigenvalue weighted by atomic mass is 10.1. The zero-order valence-electron chi connectivity index (χ0n) is 14.8. The first-order valence-electron chi connectivity index (χ1n) is 7.99. The van der Waals surface area contributed by atoms with E-state index in [1.54, 1.807) is 25.3 Å². The van der Waals surface area contributed by atoms with E-state index in [1.165, 1.54) is 7.11 Å². The predicted octanol–water partition coefficient (Wildman–Crippen LogP) is 2.35. The Bertz CT molecular complexity index is 1010. The molecule has 0 saturated heterocycles. The molecule has 3 aromatic rings. The molecule has 0 bridgehead atoms. The summed E-state index contributed by atoms with van der Waals surface area (Å²) >= 11 is 0. The SMILES string of the molecule is COC(=O)c1ccc2c(=O)[nH]c(CN(C)c3ccccc3OC)nc2c1. The van der Waals surface area contributed by atoms with Crippen molar-refractivity contribution in [2.75, 3.05) is 26.2 Å². The predicted molar refractivity (Wildman–Crippen MR) is 98.8 cm³/mol. The Morgan fingerprint density at radius 1 is 1.19 bits per heavy atom.